The molecule has 230 valence electrons. The molecule has 11 heteroatoms. The molecule has 0 aromatic heterocycles. The van der Waals surface area contributed by atoms with E-state index < -0.39 is 47.1 Å². The fraction of sp³-hybridized carbons (Fsp3) is 0.548. The highest BCUT2D eigenvalue weighted by Crippen LogP contribution is 2.57. The Morgan fingerprint density at radius 3 is 2.45 bits per heavy atom. The van der Waals surface area contributed by atoms with E-state index in [9.17, 15) is 24.2 Å². The second-order valence-electron chi connectivity index (χ2n) is 12.7. The van der Waals surface area contributed by atoms with Crippen LogP contribution in [0.1, 0.15) is 70.4 Å². The third-order valence-electron chi connectivity index (χ3n) is 8.53. The third kappa shape index (κ3) is 6.31. The van der Waals surface area contributed by atoms with Gasteiger partial charge in [-0.3, -0.25) is 9.59 Å². The zero-order valence-electron chi connectivity index (χ0n) is 24.2. The van der Waals surface area contributed by atoms with Crippen LogP contribution in [0, 0.1) is 23.0 Å². The van der Waals surface area contributed by atoms with Crippen LogP contribution >= 0.6 is 23.2 Å². The van der Waals surface area contributed by atoms with Gasteiger partial charge in [-0.15, -0.1) is 0 Å². The summed E-state index contributed by atoms with van der Waals surface area (Å²) in [5, 5.41) is 28.1. The van der Waals surface area contributed by atoms with Crippen LogP contribution in [0.3, 0.4) is 0 Å². The molecular weight excluding hydrogens is 587 g/mol. The number of hydrogen-bond acceptors (Lipinski definition) is 5. The van der Waals surface area contributed by atoms with E-state index in [0.29, 0.717) is 42.6 Å². The van der Waals surface area contributed by atoms with Gasteiger partial charge in [0.15, 0.2) is 0 Å². The topological polar surface area (TPSA) is 111 Å². The molecule has 2 unspecified atom stereocenters. The van der Waals surface area contributed by atoms with Crippen molar-refractivity contribution in [2.45, 2.75) is 82.9 Å². The first kappa shape index (κ1) is 32.6. The number of carbonyl (C=O) groups is 2. The molecule has 0 aliphatic carbocycles. The van der Waals surface area contributed by atoms with Crippen molar-refractivity contribution in [3.63, 3.8) is 0 Å². The number of amides is 2. The Morgan fingerprint density at radius 2 is 1.83 bits per heavy atom. The number of carbonyl (C=O) groups excluding carboxylic acids is 2. The summed E-state index contributed by atoms with van der Waals surface area (Å²) in [5.41, 5.74) is -0.535. The van der Waals surface area contributed by atoms with E-state index in [-0.39, 0.29) is 33.9 Å². The Hall–Kier alpha value is -2.30. The van der Waals surface area contributed by atoms with Crippen molar-refractivity contribution >= 4 is 40.7 Å². The maximum Gasteiger partial charge on any atom is 0.237 e. The van der Waals surface area contributed by atoms with E-state index in [2.05, 4.69) is 16.0 Å². The van der Waals surface area contributed by atoms with Gasteiger partial charge in [0.05, 0.1) is 28.8 Å². The summed E-state index contributed by atoms with van der Waals surface area (Å²) in [6, 6.07) is 5.21. The lowest BCUT2D eigenvalue weighted by atomic mass is 9.62. The summed E-state index contributed by atoms with van der Waals surface area (Å²) < 4.78 is 29.3. The SMILES string of the molecule is CCC(CCNC(=O)C1N[C@H](CC(C)(C)C)[C@]2(C(=O)Nc3cc(Cl)c(F)cc32)[C@H]1c1ccc(F)c(Cl)c1)C[C@@H](O)CO. The zero-order valence-corrected chi connectivity index (χ0v) is 25.8. The average molecular weight is 627 g/mol. The Kier molecular flexibility index (Phi) is 9.89. The largest absolute Gasteiger partial charge is 0.394 e. The van der Waals surface area contributed by atoms with Gasteiger partial charge in [-0.05, 0) is 66.0 Å². The van der Waals surface area contributed by atoms with Gasteiger partial charge in [0.25, 0.3) is 0 Å². The van der Waals surface area contributed by atoms with Crippen LogP contribution in [0.15, 0.2) is 30.3 Å². The van der Waals surface area contributed by atoms with Crippen molar-refractivity contribution < 1.29 is 28.6 Å². The first-order chi connectivity index (χ1) is 19.7. The normalized spacial score (nSPS) is 24.9. The Morgan fingerprint density at radius 1 is 1.14 bits per heavy atom. The minimum atomic E-state index is -1.44. The minimum absolute atomic E-state index is 0.0795. The third-order valence-corrected chi connectivity index (χ3v) is 9.11. The van der Waals surface area contributed by atoms with Crippen molar-refractivity contribution in [1.29, 1.82) is 0 Å². The highest BCUT2D eigenvalue weighted by Gasteiger charge is 2.66. The Labute approximate surface area is 255 Å². The predicted octanol–water partition coefficient (Wildman–Crippen LogP) is 5.30. The number of nitrogens with one attached hydrogen (secondary N) is 3. The molecule has 2 amide bonds. The standard InChI is InChI=1S/C31H39Cl2F2N3O4/c1-5-16(10-18(40)15-39)8-9-36-28(41)27-26(17-6-7-22(34)20(32)11-17)31(25(38-27)14-30(2,3)4)19-12-23(35)21(33)13-24(19)37-29(31)42/h6-7,11-13,16,18,25-27,38-40H,5,8-10,14-15H2,1-4H3,(H,36,41)(H,37,42)/t16?,18-,25-,26+,27?,31+/m1/s1. The minimum Gasteiger partial charge on any atom is -0.394 e. The summed E-state index contributed by atoms with van der Waals surface area (Å²) in [6.45, 7) is 7.99. The molecule has 4 rings (SSSR count). The van der Waals surface area contributed by atoms with Crippen molar-refractivity contribution in [3.8, 4) is 0 Å². The van der Waals surface area contributed by atoms with Gasteiger partial charge < -0.3 is 26.2 Å². The van der Waals surface area contributed by atoms with E-state index in [1.807, 2.05) is 27.7 Å². The Bertz CT molecular complexity index is 1340. The zero-order chi connectivity index (χ0) is 31.0. The number of benzene rings is 2. The molecule has 2 aromatic rings. The van der Waals surface area contributed by atoms with Gasteiger partial charge in [0.2, 0.25) is 11.8 Å². The molecule has 1 saturated heterocycles. The summed E-state index contributed by atoms with van der Waals surface area (Å²) in [4.78, 5) is 28.1. The smallest absolute Gasteiger partial charge is 0.237 e. The van der Waals surface area contributed by atoms with E-state index in [1.165, 1.54) is 30.3 Å². The van der Waals surface area contributed by atoms with E-state index in [1.54, 1.807) is 0 Å². The fourth-order valence-corrected chi connectivity index (χ4v) is 6.95. The molecule has 0 radical (unpaired) electrons. The number of halogens is 4. The number of fused-ring (bicyclic) bond motifs is 2. The van der Waals surface area contributed by atoms with Gasteiger partial charge >= 0.3 is 0 Å². The first-order valence-corrected chi connectivity index (χ1v) is 15.1. The first-order valence-electron chi connectivity index (χ1n) is 14.3. The van der Waals surface area contributed by atoms with Crippen molar-refractivity contribution in [2.24, 2.45) is 11.3 Å². The van der Waals surface area contributed by atoms with Gasteiger partial charge in [-0.1, -0.05) is 63.4 Å². The van der Waals surface area contributed by atoms with Crippen LogP contribution in [0.25, 0.3) is 0 Å². The number of rotatable bonds is 10. The number of hydrogen-bond donors (Lipinski definition) is 5. The van der Waals surface area contributed by atoms with Gasteiger partial charge in [-0.2, -0.15) is 0 Å². The molecule has 7 nitrogen and oxygen atoms in total. The summed E-state index contributed by atoms with van der Waals surface area (Å²) in [5.74, 6) is -2.91. The van der Waals surface area contributed by atoms with E-state index in [0.717, 1.165) is 6.42 Å². The van der Waals surface area contributed by atoms with Gasteiger partial charge in [0, 0.05) is 24.2 Å². The van der Waals surface area contributed by atoms with Crippen molar-refractivity contribution in [3.05, 3.63) is 63.1 Å². The fourth-order valence-electron chi connectivity index (χ4n) is 6.60. The molecule has 0 bridgehead atoms. The van der Waals surface area contributed by atoms with E-state index in [4.69, 9.17) is 23.2 Å². The van der Waals surface area contributed by atoms with Crippen LogP contribution < -0.4 is 16.0 Å². The second-order valence-corrected chi connectivity index (χ2v) is 13.5. The lowest BCUT2D eigenvalue weighted by Gasteiger charge is -2.37. The molecule has 2 heterocycles. The monoisotopic (exact) mass is 625 g/mol. The molecule has 1 fully saturated rings. The number of anilines is 1. The molecule has 5 N–H and O–H groups in total. The maximum atomic E-state index is 15.0. The molecule has 6 atom stereocenters. The number of aliphatic hydroxyl groups excluding tert-OH is 2. The molecule has 42 heavy (non-hydrogen) atoms. The molecule has 2 aliphatic rings. The molecular formula is C31H39Cl2F2N3O4. The molecule has 0 saturated carbocycles. The van der Waals surface area contributed by atoms with Crippen LogP contribution in [0.4, 0.5) is 14.5 Å². The van der Waals surface area contributed by atoms with E-state index >= 15 is 4.39 Å². The Balaban J connectivity index is 1.79. The van der Waals surface area contributed by atoms with Gasteiger partial charge in [0.1, 0.15) is 17.0 Å². The predicted molar refractivity (Wildman–Crippen MR) is 160 cm³/mol. The van der Waals surface area contributed by atoms with Crippen LogP contribution in [-0.4, -0.2) is 53.4 Å². The van der Waals surface area contributed by atoms with Crippen LogP contribution in [0.2, 0.25) is 10.0 Å². The lowest BCUT2D eigenvalue weighted by Crippen LogP contribution is -2.49. The van der Waals surface area contributed by atoms with Crippen molar-refractivity contribution in [2.75, 3.05) is 18.5 Å². The molecule has 1 spiro atoms. The second kappa shape index (κ2) is 12.7. The maximum absolute atomic E-state index is 15.0. The summed E-state index contributed by atoms with van der Waals surface area (Å²) >= 11 is 12.3. The summed E-state index contributed by atoms with van der Waals surface area (Å²) in [7, 11) is 0. The molecule has 2 aromatic carbocycles. The van der Waals surface area contributed by atoms with Gasteiger partial charge in [-0.25, -0.2) is 8.78 Å². The highest BCUT2D eigenvalue weighted by molar-refractivity contribution is 6.31. The van der Waals surface area contributed by atoms with Crippen LogP contribution in [-0.2, 0) is 15.0 Å². The quantitative estimate of drug-likeness (QED) is 0.246. The molecule has 2 aliphatic heterocycles. The number of aliphatic hydroxyl groups is 2. The van der Waals surface area contributed by atoms with Crippen molar-refractivity contribution in [1.82, 2.24) is 10.6 Å². The average Bonchev–Trinajstić information content (AvgIpc) is 3.39. The lowest BCUT2D eigenvalue weighted by molar-refractivity contribution is -0.123. The van der Waals surface area contributed by atoms with Crippen LogP contribution in [0.5, 0.6) is 0 Å². The summed E-state index contributed by atoms with van der Waals surface area (Å²) in [6.07, 6.45) is 1.36. The highest BCUT2D eigenvalue weighted by atomic mass is 35.5.